The summed E-state index contributed by atoms with van der Waals surface area (Å²) >= 11 is 0. The molecule has 2 atom stereocenters. The van der Waals surface area contributed by atoms with E-state index in [0.29, 0.717) is 25.2 Å². The van der Waals surface area contributed by atoms with E-state index in [1.165, 1.54) is 22.0 Å². The first kappa shape index (κ1) is 21.5. The molecule has 156 valence electrons. The Balaban J connectivity index is 1.61. The molecule has 3 rings (SSSR count). The molecule has 2 aromatic carbocycles. The van der Waals surface area contributed by atoms with E-state index in [1.54, 1.807) is 12.1 Å². The maximum absolute atomic E-state index is 13.0. The number of hydrogen-bond acceptors (Lipinski definition) is 4. The van der Waals surface area contributed by atoms with Crippen molar-refractivity contribution in [2.45, 2.75) is 43.8 Å². The number of morpholine rings is 1. The first-order valence-corrected chi connectivity index (χ1v) is 11.4. The Bertz CT molecular complexity index is 921. The van der Waals surface area contributed by atoms with Gasteiger partial charge in [0.05, 0.1) is 17.1 Å². The van der Waals surface area contributed by atoms with E-state index >= 15 is 0 Å². The molecule has 7 heteroatoms. The van der Waals surface area contributed by atoms with Crippen molar-refractivity contribution in [3.05, 3.63) is 65.7 Å². The van der Waals surface area contributed by atoms with Crippen LogP contribution in [0.15, 0.2) is 59.5 Å². The highest BCUT2D eigenvalue weighted by Gasteiger charge is 2.32. The highest BCUT2D eigenvalue weighted by Crippen LogP contribution is 2.22. The molecule has 6 nitrogen and oxygen atoms in total. The summed E-state index contributed by atoms with van der Waals surface area (Å²) in [7, 11) is -3.67. The van der Waals surface area contributed by atoms with E-state index in [2.05, 4.69) is 17.4 Å². The van der Waals surface area contributed by atoms with Crippen LogP contribution in [-0.4, -0.2) is 50.5 Å². The second-order valence-electron chi connectivity index (χ2n) is 7.45. The molecule has 1 aliphatic heterocycles. The summed E-state index contributed by atoms with van der Waals surface area (Å²) in [5, 5.41) is 2.87. The summed E-state index contributed by atoms with van der Waals surface area (Å²) in [6.07, 6.45) is 1.37. The first-order chi connectivity index (χ1) is 13.9. The Morgan fingerprint density at radius 3 is 2.45 bits per heavy atom. The van der Waals surface area contributed by atoms with Gasteiger partial charge in [-0.2, -0.15) is 4.31 Å². The molecular weight excluding hydrogens is 388 g/mol. The first-order valence-electron chi connectivity index (χ1n) is 9.94. The van der Waals surface area contributed by atoms with Gasteiger partial charge < -0.3 is 10.1 Å². The van der Waals surface area contributed by atoms with Crippen LogP contribution in [0.2, 0.25) is 0 Å². The van der Waals surface area contributed by atoms with Crippen molar-refractivity contribution in [1.29, 1.82) is 0 Å². The third-order valence-electron chi connectivity index (χ3n) is 4.89. The van der Waals surface area contributed by atoms with E-state index < -0.39 is 10.0 Å². The molecule has 0 spiro atoms. The smallest absolute Gasteiger partial charge is 0.251 e. The van der Waals surface area contributed by atoms with Crippen LogP contribution in [-0.2, 0) is 21.2 Å². The van der Waals surface area contributed by atoms with Gasteiger partial charge in [-0.05, 0) is 50.5 Å². The molecule has 29 heavy (non-hydrogen) atoms. The third kappa shape index (κ3) is 5.65. The molecule has 2 aromatic rings. The summed E-state index contributed by atoms with van der Waals surface area (Å²) in [6, 6.07) is 16.3. The number of nitrogens with one attached hydrogen (secondary N) is 1. The largest absolute Gasteiger partial charge is 0.373 e. The highest BCUT2D eigenvalue weighted by molar-refractivity contribution is 7.89. The molecule has 0 saturated carbocycles. The summed E-state index contributed by atoms with van der Waals surface area (Å²) in [6.45, 7) is 4.86. The van der Waals surface area contributed by atoms with Gasteiger partial charge in [0.2, 0.25) is 10.0 Å². The maximum atomic E-state index is 13.0. The van der Waals surface area contributed by atoms with Gasteiger partial charge in [0.15, 0.2) is 0 Å². The van der Waals surface area contributed by atoms with Gasteiger partial charge in [-0.1, -0.05) is 36.4 Å². The number of carbonyl (C=O) groups is 1. The monoisotopic (exact) mass is 416 g/mol. The fourth-order valence-electron chi connectivity index (χ4n) is 3.51. The highest BCUT2D eigenvalue weighted by atomic mass is 32.2. The zero-order valence-corrected chi connectivity index (χ0v) is 17.7. The van der Waals surface area contributed by atoms with Crippen molar-refractivity contribution < 1.29 is 17.9 Å². The van der Waals surface area contributed by atoms with Crippen LogP contribution in [0.1, 0.15) is 36.2 Å². The van der Waals surface area contributed by atoms with Crippen molar-refractivity contribution in [1.82, 2.24) is 9.62 Å². The lowest BCUT2D eigenvalue weighted by Gasteiger charge is -2.34. The van der Waals surface area contributed by atoms with Crippen LogP contribution in [0, 0.1) is 0 Å². The van der Waals surface area contributed by atoms with Crippen LogP contribution in [0.25, 0.3) is 0 Å². The van der Waals surface area contributed by atoms with Gasteiger partial charge in [-0.25, -0.2) is 8.42 Å². The summed E-state index contributed by atoms with van der Waals surface area (Å²) < 4.78 is 33.1. The predicted octanol–water partition coefficient (Wildman–Crippen LogP) is 2.85. The Morgan fingerprint density at radius 2 is 1.76 bits per heavy atom. The summed E-state index contributed by atoms with van der Waals surface area (Å²) in [4.78, 5) is 12.6. The van der Waals surface area contributed by atoms with E-state index in [4.69, 9.17) is 4.74 Å². The topological polar surface area (TPSA) is 75.7 Å². The number of nitrogens with zero attached hydrogens (tertiary/aromatic N) is 1. The number of ether oxygens (including phenoxy) is 1. The number of sulfonamides is 1. The number of hydrogen-bond donors (Lipinski definition) is 1. The average Bonchev–Trinajstić information content (AvgIpc) is 2.71. The van der Waals surface area contributed by atoms with Gasteiger partial charge >= 0.3 is 0 Å². The lowest BCUT2D eigenvalue weighted by atomic mass is 10.1. The SMILES string of the molecule is CC1CN(S(=O)(=O)c2cccc(C(=O)NCCCc3ccccc3)c2)CC(C)O1. The van der Waals surface area contributed by atoms with E-state index in [9.17, 15) is 13.2 Å². The minimum Gasteiger partial charge on any atom is -0.373 e. The van der Waals surface area contributed by atoms with Gasteiger partial charge in [0.1, 0.15) is 0 Å². The van der Waals surface area contributed by atoms with E-state index in [0.717, 1.165) is 12.8 Å². The molecule has 1 amide bonds. The molecule has 0 aromatic heterocycles. The van der Waals surface area contributed by atoms with Crippen LogP contribution in [0.3, 0.4) is 0 Å². The molecule has 1 N–H and O–H groups in total. The molecule has 0 radical (unpaired) electrons. The van der Waals surface area contributed by atoms with Crippen LogP contribution in [0.5, 0.6) is 0 Å². The molecule has 1 heterocycles. The molecular formula is C22H28N2O4S. The minimum atomic E-state index is -3.67. The number of carbonyl (C=O) groups excluding carboxylic acids is 1. The molecule has 1 saturated heterocycles. The molecule has 1 fully saturated rings. The molecule has 0 bridgehead atoms. The standard InChI is InChI=1S/C22H28N2O4S/c1-17-15-24(16-18(2)28-17)29(26,27)21-12-6-11-20(14-21)22(25)23-13-7-10-19-8-4-3-5-9-19/h3-6,8-9,11-12,14,17-18H,7,10,13,15-16H2,1-2H3,(H,23,25). The molecule has 0 aliphatic carbocycles. The Morgan fingerprint density at radius 1 is 1.07 bits per heavy atom. The van der Waals surface area contributed by atoms with Gasteiger partial charge in [0.25, 0.3) is 5.91 Å². The second-order valence-corrected chi connectivity index (χ2v) is 9.39. The lowest BCUT2D eigenvalue weighted by molar-refractivity contribution is -0.0440. The Hall–Kier alpha value is -2.22. The zero-order chi connectivity index (χ0) is 20.9. The quantitative estimate of drug-likeness (QED) is 0.705. The van der Waals surface area contributed by atoms with Crippen LogP contribution >= 0.6 is 0 Å². The number of aryl methyl sites for hydroxylation is 1. The minimum absolute atomic E-state index is 0.135. The zero-order valence-electron chi connectivity index (χ0n) is 16.9. The number of amides is 1. The number of rotatable bonds is 7. The molecule has 1 aliphatic rings. The summed E-state index contributed by atoms with van der Waals surface area (Å²) in [5.74, 6) is -0.265. The lowest BCUT2D eigenvalue weighted by Crippen LogP contribution is -2.48. The van der Waals surface area contributed by atoms with Gasteiger partial charge in [0, 0.05) is 25.2 Å². The molecule has 2 unspecified atom stereocenters. The Kier molecular flexibility index (Phi) is 7.05. The third-order valence-corrected chi connectivity index (χ3v) is 6.72. The Labute approximate surface area is 172 Å². The normalized spacial score (nSPS) is 20.3. The maximum Gasteiger partial charge on any atom is 0.251 e. The van der Waals surface area contributed by atoms with E-state index in [-0.39, 0.29) is 23.0 Å². The van der Waals surface area contributed by atoms with Crippen molar-refractivity contribution in [3.63, 3.8) is 0 Å². The number of benzene rings is 2. The van der Waals surface area contributed by atoms with Crippen molar-refractivity contribution >= 4 is 15.9 Å². The van der Waals surface area contributed by atoms with Crippen molar-refractivity contribution in [2.24, 2.45) is 0 Å². The van der Waals surface area contributed by atoms with Gasteiger partial charge in [-0.3, -0.25) is 4.79 Å². The van der Waals surface area contributed by atoms with Crippen LogP contribution in [0.4, 0.5) is 0 Å². The fraction of sp³-hybridized carbons (Fsp3) is 0.409. The second kappa shape index (κ2) is 9.52. The fourth-order valence-corrected chi connectivity index (χ4v) is 5.15. The van der Waals surface area contributed by atoms with Crippen molar-refractivity contribution in [3.8, 4) is 0 Å². The average molecular weight is 417 g/mol. The summed E-state index contributed by atoms with van der Waals surface area (Å²) in [5.41, 5.74) is 1.57. The van der Waals surface area contributed by atoms with Crippen molar-refractivity contribution in [2.75, 3.05) is 19.6 Å². The predicted molar refractivity (Wildman–Crippen MR) is 112 cm³/mol. The van der Waals surface area contributed by atoms with E-state index in [1.807, 2.05) is 32.0 Å². The van der Waals surface area contributed by atoms with Crippen LogP contribution < -0.4 is 5.32 Å². The van der Waals surface area contributed by atoms with Gasteiger partial charge in [-0.15, -0.1) is 0 Å².